The standard InChI is InChI=1S/C16H29N5/c1-2-21-14(8-11-18-21)15(19-17)16(9-4-5-10-16)20-12-6-3-7-13-20/h8,11,15,19H,2-7,9-10,12-13,17H2,1H3. The summed E-state index contributed by atoms with van der Waals surface area (Å²) in [4.78, 5) is 2.72. The lowest BCUT2D eigenvalue weighted by atomic mass is 9.83. The molecule has 3 rings (SSSR count). The second-order valence-corrected chi connectivity index (χ2v) is 6.53. The van der Waals surface area contributed by atoms with E-state index in [-0.39, 0.29) is 11.6 Å². The summed E-state index contributed by atoms with van der Waals surface area (Å²) in [7, 11) is 0. The van der Waals surface area contributed by atoms with Gasteiger partial charge in [0.05, 0.1) is 11.7 Å². The maximum absolute atomic E-state index is 6.04. The molecule has 1 atom stereocenters. The first-order valence-corrected chi connectivity index (χ1v) is 8.55. The second-order valence-electron chi connectivity index (χ2n) is 6.53. The molecule has 1 aromatic rings. The van der Waals surface area contributed by atoms with Crippen LogP contribution < -0.4 is 11.3 Å². The molecule has 0 spiro atoms. The number of aryl methyl sites for hydroxylation is 1. The largest absolute Gasteiger partial charge is 0.296 e. The molecule has 21 heavy (non-hydrogen) atoms. The molecule has 0 radical (unpaired) electrons. The van der Waals surface area contributed by atoms with Gasteiger partial charge < -0.3 is 0 Å². The van der Waals surface area contributed by atoms with Crippen LogP contribution in [0.15, 0.2) is 12.3 Å². The summed E-state index contributed by atoms with van der Waals surface area (Å²) in [6, 6.07) is 2.32. The van der Waals surface area contributed by atoms with E-state index in [0.717, 1.165) is 6.54 Å². The highest BCUT2D eigenvalue weighted by molar-refractivity contribution is 5.17. The number of nitrogens with two attached hydrogens (primary N) is 1. The van der Waals surface area contributed by atoms with Crippen molar-refractivity contribution in [1.82, 2.24) is 20.1 Å². The Hall–Kier alpha value is -0.910. The molecule has 2 fully saturated rings. The lowest BCUT2D eigenvalue weighted by molar-refractivity contribution is 0.0333. The summed E-state index contributed by atoms with van der Waals surface area (Å²) in [6.07, 6.45) is 11.1. The van der Waals surface area contributed by atoms with Crippen LogP contribution in [0.5, 0.6) is 0 Å². The molecule has 0 bridgehead atoms. The number of nitrogens with one attached hydrogen (secondary N) is 1. The minimum Gasteiger partial charge on any atom is -0.296 e. The van der Waals surface area contributed by atoms with Crippen LogP contribution in [0.25, 0.3) is 0 Å². The third kappa shape index (κ3) is 2.62. The van der Waals surface area contributed by atoms with Crippen LogP contribution >= 0.6 is 0 Å². The quantitative estimate of drug-likeness (QED) is 0.645. The van der Waals surface area contributed by atoms with E-state index in [0.29, 0.717) is 0 Å². The average molecular weight is 291 g/mol. The normalized spacial score (nSPS) is 24.3. The van der Waals surface area contributed by atoms with Gasteiger partial charge in [0.15, 0.2) is 0 Å². The Balaban J connectivity index is 1.94. The van der Waals surface area contributed by atoms with Crippen LogP contribution in [0.3, 0.4) is 0 Å². The molecule has 3 N–H and O–H groups in total. The smallest absolute Gasteiger partial charge is 0.0812 e. The fourth-order valence-electron chi connectivity index (χ4n) is 4.48. The number of hydrogen-bond donors (Lipinski definition) is 2. The molecule has 0 amide bonds. The van der Waals surface area contributed by atoms with Crippen molar-refractivity contribution in [2.24, 2.45) is 5.84 Å². The maximum atomic E-state index is 6.04. The van der Waals surface area contributed by atoms with Crippen LogP contribution in [-0.2, 0) is 6.54 Å². The van der Waals surface area contributed by atoms with Gasteiger partial charge in [0, 0.05) is 18.3 Å². The molecule has 1 saturated heterocycles. The van der Waals surface area contributed by atoms with Crippen LogP contribution in [0, 0.1) is 0 Å². The van der Waals surface area contributed by atoms with Crippen molar-refractivity contribution in [2.75, 3.05) is 13.1 Å². The average Bonchev–Trinajstić information content (AvgIpc) is 3.19. The molecule has 1 aliphatic carbocycles. The second kappa shape index (κ2) is 6.46. The van der Waals surface area contributed by atoms with Crippen molar-refractivity contribution >= 4 is 0 Å². The minimum atomic E-state index is 0.181. The molecular weight excluding hydrogens is 262 g/mol. The number of likely N-dealkylation sites (tertiary alicyclic amines) is 1. The van der Waals surface area contributed by atoms with Crippen LogP contribution in [0.2, 0.25) is 0 Å². The number of hydrogen-bond acceptors (Lipinski definition) is 4. The van der Waals surface area contributed by atoms with Gasteiger partial charge in [0.2, 0.25) is 0 Å². The third-order valence-corrected chi connectivity index (χ3v) is 5.50. The molecule has 5 nitrogen and oxygen atoms in total. The number of aromatic nitrogens is 2. The van der Waals surface area contributed by atoms with Gasteiger partial charge in [0.1, 0.15) is 0 Å². The van der Waals surface area contributed by atoms with E-state index in [1.165, 1.54) is 63.7 Å². The highest BCUT2D eigenvalue weighted by atomic mass is 15.4. The molecule has 0 aromatic carbocycles. The number of nitrogens with zero attached hydrogens (tertiary/aromatic N) is 3. The predicted octanol–water partition coefficient (Wildman–Crippen LogP) is 2.21. The molecule has 2 aliphatic rings. The Morgan fingerprint density at radius 1 is 1.24 bits per heavy atom. The van der Waals surface area contributed by atoms with Gasteiger partial charge in [-0.05, 0) is 51.8 Å². The molecule has 2 heterocycles. The zero-order valence-corrected chi connectivity index (χ0v) is 13.2. The van der Waals surface area contributed by atoms with E-state index in [2.05, 4.69) is 33.1 Å². The lowest BCUT2D eigenvalue weighted by Gasteiger charge is -2.48. The first-order valence-electron chi connectivity index (χ1n) is 8.55. The Morgan fingerprint density at radius 2 is 1.95 bits per heavy atom. The maximum Gasteiger partial charge on any atom is 0.0812 e. The highest BCUT2D eigenvalue weighted by Crippen LogP contribution is 2.45. The zero-order chi connectivity index (χ0) is 14.7. The van der Waals surface area contributed by atoms with Crippen molar-refractivity contribution in [3.63, 3.8) is 0 Å². The number of piperidine rings is 1. The summed E-state index contributed by atoms with van der Waals surface area (Å²) in [5.41, 5.74) is 4.58. The molecule has 1 aliphatic heterocycles. The molecule has 5 heteroatoms. The van der Waals surface area contributed by atoms with Crippen molar-refractivity contribution in [1.29, 1.82) is 0 Å². The van der Waals surface area contributed by atoms with Gasteiger partial charge in [-0.2, -0.15) is 5.10 Å². The minimum absolute atomic E-state index is 0.181. The Morgan fingerprint density at radius 3 is 2.57 bits per heavy atom. The number of rotatable bonds is 5. The summed E-state index contributed by atoms with van der Waals surface area (Å²) < 4.78 is 2.09. The monoisotopic (exact) mass is 291 g/mol. The van der Waals surface area contributed by atoms with Gasteiger partial charge in [-0.1, -0.05) is 19.3 Å². The van der Waals surface area contributed by atoms with Gasteiger partial charge in [-0.15, -0.1) is 0 Å². The van der Waals surface area contributed by atoms with Crippen molar-refractivity contribution in [2.45, 2.75) is 70.0 Å². The highest BCUT2D eigenvalue weighted by Gasteiger charge is 2.47. The van der Waals surface area contributed by atoms with Crippen molar-refractivity contribution in [3.05, 3.63) is 18.0 Å². The zero-order valence-electron chi connectivity index (χ0n) is 13.2. The summed E-state index contributed by atoms with van der Waals surface area (Å²) in [6.45, 7) is 5.49. The molecule has 1 aromatic heterocycles. The third-order valence-electron chi connectivity index (χ3n) is 5.50. The molecule has 1 saturated carbocycles. The van der Waals surface area contributed by atoms with E-state index < -0.39 is 0 Å². The van der Waals surface area contributed by atoms with E-state index in [1.807, 2.05) is 6.20 Å². The molecule has 118 valence electrons. The SMILES string of the molecule is CCn1nccc1C(NN)C1(N2CCCCC2)CCCC1. The Bertz CT molecular complexity index is 443. The summed E-state index contributed by atoms with van der Waals surface area (Å²) in [5, 5.41) is 4.45. The Labute approximate surface area is 127 Å². The fourth-order valence-corrected chi connectivity index (χ4v) is 4.48. The van der Waals surface area contributed by atoms with Gasteiger partial charge in [0.25, 0.3) is 0 Å². The van der Waals surface area contributed by atoms with Crippen molar-refractivity contribution in [3.8, 4) is 0 Å². The first-order chi connectivity index (χ1) is 10.3. The fraction of sp³-hybridized carbons (Fsp3) is 0.812. The van der Waals surface area contributed by atoms with Crippen LogP contribution in [0.4, 0.5) is 0 Å². The van der Waals surface area contributed by atoms with Crippen LogP contribution in [-0.4, -0.2) is 33.3 Å². The lowest BCUT2D eigenvalue weighted by Crippen LogP contribution is -2.58. The van der Waals surface area contributed by atoms with E-state index in [1.54, 1.807) is 0 Å². The summed E-state index contributed by atoms with van der Waals surface area (Å²) >= 11 is 0. The van der Waals surface area contributed by atoms with Gasteiger partial charge >= 0.3 is 0 Å². The number of hydrazine groups is 1. The molecular formula is C16H29N5. The van der Waals surface area contributed by atoms with Crippen molar-refractivity contribution < 1.29 is 0 Å². The molecule has 1 unspecified atom stereocenters. The predicted molar refractivity (Wildman–Crippen MR) is 84.6 cm³/mol. The van der Waals surface area contributed by atoms with Gasteiger partial charge in [-0.3, -0.25) is 15.4 Å². The van der Waals surface area contributed by atoms with E-state index >= 15 is 0 Å². The van der Waals surface area contributed by atoms with Gasteiger partial charge in [-0.25, -0.2) is 5.43 Å². The van der Waals surface area contributed by atoms with Crippen LogP contribution in [0.1, 0.15) is 63.6 Å². The summed E-state index contributed by atoms with van der Waals surface area (Å²) in [5.74, 6) is 6.04. The Kier molecular flexibility index (Phi) is 4.62. The first kappa shape index (κ1) is 15.0. The topological polar surface area (TPSA) is 59.1 Å². The van der Waals surface area contributed by atoms with E-state index in [9.17, 15) is 0 Å². The van der Waals surface area contributed by atoms with E-state index in [4.69, 9.17) is 5.84 Å².